The lowest BCUT2D eigenvalue weighted by molar-refractivity contribution is -0.130. The van der Waals surface area contributed by atoms with Crippen molar-refractivity contribution >= 4 is 17.5 Å². The number of nitrogens with zero attached hydrogens (tertiary/aromatic N) is 2. The molecule has 1 N–H and O–H groups in total. The minimum atomic E-state index is 0.0464. The number of anilines is 1. The van der Waals surface area contributed by atoms with Crippen molar-refractivity contribution in [2.75, 3.05) is 38.0 Å². The van der Waals surface area contributed by atoms with Gasteiger partial charge < -0.3 is 15.1 Å². The van der Waals surface area contributed by atoms with Crippen molar-refractivity contribution in [1.82, 2.24) is 9.80 Å². The Hall–Kier alpha value is -2.04. The van der Waals surface area contributed by atoms with Crippen LogP contribution in [0.5, 0.6) is 0 Å². The number of piperidine rings is 1. The fraction of sp³-hybridized carbons (Fsp3) is 0.579. The minimum Gasteiger partial charge on any atom is -0.376 e. The molecular formula is C19H29N3O2. The molecule has 2 rings (SSSR count). The van der Waals surface area contributed by atoms with Gasteiger partial charge in [-0.1, -0.05) is 6.92 Å². The molecule has 5 nitrogen and oxygen atoms in total. The lowest BCUT2D eigenvalue weighted by Gasteiger charge is -2.30. The Morgan fingerprint density at radius 3 is 2.25 bits per heavy atom. The maximum Gasteiger partial charge on any atom is 0.253 e. The lowest BCUT2D eigenvalue weighted by atomic mass is 9.99. The molecule has 24 heavy (non-hydrogen) atoms. The van der Waals surface area contributed by atoms with Crippen LogP contribution in [0, 0.1) is 5.92 Å². The summed E-state index contributed by atoms with van der Waals surface area (Å²) in [5, 5.41) is 3.16. The highest BCUT2D eigenvalue weighted by Crippen LogP contribution is 2.16. The monoisotopic (exact) mass is 331 g/mol. The third-order valence-corrected chi connectivity index (χ3v) is 4.76. The third-order valence-electron chi connectivity index (χ3n) is 4.76. The van der Waals surface area contributed by atoms with Gasteiger partial charge in [-0.05, 0) is 56.9 Å². The van der Waals surface area contributed by atoms with Crippen molar-refractivity contribution in [1.29, 1.82) is 0 Å². The van der Waals surface area contributed by atoms with E-state index in [-0.39, 0.29) is 11.8 Å². The van der Waals surface area contributed by atoms with E-state index >= 15 is 0 Å². The Morgan fingerprint density at radius 1 is 1.12 bits per heavy atom. The van der Waals surface area contributed by atoms with Crippen molar-refractivity contribution in [2.45, 2.75) is 33.6 Å². The van der Waals surface area contributed by atoms with Gasteiger partial charge in [0.2, 0.25) is 5.91 Å². The van der Waals surface area contributed by atoms with Crippen molar-refractivity contribution < 1.29 is 9.59 Å². The summed E-state index contributed by atoms with van der Waals surface area (Å²) >= 11 is 0. The molecule has 2 amide bonds. The SMILES string of the molecule is CCN(CC)C(=O)c1ccc(NCC(=O)N2CCC(C)CC2)cc1. The van der Waals surface area contributed by atoms with Gasteiger partial charge in [0.15, 0.2) is 0 Å². The van der Waals surface area contributed by atoms with Crippen LogP contribution in [0.3, 0.4) is 0 Å². The summed E-state index contributed by atoms with van der Waals surface area (Å²) in [6.45, 7) is 9.63. The van der Waals surface area contributed by atoms with Crippen LogP contribution >= 0.6 is 0 Å². The number of nitrogens with one attached hydrogen (secondary N) is 1. The first-order chi connectivity index (χ1) is 11.5. The molecule has 132 valence electrons. The molecule has 0 unspecified atom stereocenters. The highest BCUT2D eigenvalue weighted by molar-refractivity contribution is 5.94. The first-order valence-corrected chi connectivity index (χ1v) is 8.96. The summed E-state index contributed by atoms with van der Waals surface area (Å²) in [6.07, 6.45) is 2.18. The van der Waals surface area contributed by atoms with Gasteiger partial charge in [-0.25, -0.2) is 0 Å². The van der Waals surface area contributed by atoms with Crippen molar-refractivity contribution in [2.24, 2.45) is 5.92 Å². The van der Waals surface area contributed by atoms with Gasteiger partial charge in [-0.15, -0.1) is 0 Å². The Labute approximate surface area is 145 Å². The standard InChI is InChI=1S/C19H29N3O2/c1-4-21(5-2)19(24)16-6-8-17(9-7-16)20-14-18(23)22-12-10-15(3)11-13-22/h6-9,15,20H,4-5,10-14H2,1-3H3. The molecule has 1 saturated heterocycles. The highest BCUT2D eigenvalue weighted by Gasteiger charge is 2.19. The van der Waals surface area contributed by atoms with Crippen LogP contribution in [0.15, 0.2) is 24.3 Å². The van der Waals surface area contributed by atoms with Crippen molar-refractivity contribution in [3.05, 3.63) is 29.8 Å². The summed E-state index contributed by atoms with van der Waals surface area (Å²) in [5.41, 5.74) is 1.55. The van der Waals surface area contributed by atoms with E-state index in [1.54, 1.807) is 4.90 Å². The maximum atomic E-state index is 12.3. The highest BCUT2D eigenvalue weighted by atomic mass is 16.2. The van der Waals surface area contributed by atoms with Crippen LogP contribution in [-0.4, -0.2) is 54.3 Å². The summed E-state index contributed by atoms with van der Waals surface area (Å²) in [5.74, 6) is 0.910. The maximum absolute atomic E-state index is 12.3. The van der Waals surface area contributed by atoms with Crippen LogP contribution in [0.2, 0.25) is 0 Å². The fourth-order valence-corrected chi connectivity index (χ4v) is 2.97. The summed E-state index contributed by atoms with van der Waals surface area (Å²) in [6, 6.07) is 7.36. The molecule has 5 heteroatoms. The smallest absolute Gasteiger partial charge is 0.253 e. The fourth-order valence-electron chi connectivity index (χ4n) is 2.97. The van der Waals surface area contributed by atoms with Crippen LogP contribution in [0.1, 0.15) is 44.0 Å². The van der Waals surface area contributed by atoms with Gasteiger partial charge >= 0.3 is 0 Å². The Bertz CT molecular complexity index is 544. The Kier molecular flexibility index (Phi) is 6.64. The molecule has 1 fully saturated rings. The zero-order valence-corrected chi connectivity index (χ0v) is 15.0. The number of hydrogen-bond donors (Lipinski definition) is 1. The molecule has 0 radical (unpaired) electrons. The lowest BCUT2D eigenvalue weighted by Crippen LogP contribution is -2.40. The summed E-state index contributed by atoms with van der Waals surface area (Å²) < 4.78 is 0. The van der Waals surface area contributed by atoms with Gasteiger partial charge in [-0.3, -0.25) is 9.59 Å². The van der Waals surface area contributed by atoms with Gasteiger partial charge in [0.25, 0.3) is 5.91 Å². The molecule has 0 aromatic heterocycles. The first kappa shape index (κ1) is 18.3. The number of rotatable bonds is 6. The quantitative estimate of drug-likeness (QED) is 0.872. The number of likely N-dealkylation sites (tertiary alicyclic amines) is 1. The van der Waals surface area contributed by atoms with Gasteiger partial charge in [0.1, 0.15) is 0 Å². The first-order valence-electron chi connectivity index (χ1n) is 8.96. The molecule has 1 aromatic carbocycles. The normalized spacial score (nSPS) is 15.2. The number of hydrogen-bond acceptors (Lipinski definition) is 3. The molecule has 1 aromatic rings. The molecular weight excluding hydrogens is 302 g/mol. The van der Waals surface area contributed by atoms with Gasteiger partial charge in [0.05, 0.1) is 6.54 Å². The number of carbonyl (C=O) groups is 2. The van der Waals surface area contributed by atoms with E-state index in [1.807, 2.05) is 43.0 Å². The molecule has 0 bridgehead atoms. The average molecular weight is 331 g/mol. The molecule has 0 spiro atoms. The molecule has 1 aliphatic rings. The predicted octanol–water partition coefficient (Wildman–Crippen LogP) is 2.84. The largest absolute Gasteiger partial charge is 0.376 e. The Morgan fingerprint density at radius 2 is 1.71 bits per heavy atom. The average Bonchev–Trinajstić information content (AvgIpc) is 2.61. The zero-order valence-electron chi connectivity index (χ0n) is 15.0. The zero-order chi connectivity index (χ0) is 17.5. The van der Waals surface area contributed by atoms with E-state index in [0.29, 0.717) is 25.2 Å². The number of carbonyl (C=O) groups excluding carboxylic acids is 2. The predicted molar refractivity (Wildman–Crippen MR) is 97.2 cm³/mol. The van der Waals surface area contributed by atoms with Crippen molar-refractivity contribution in [3.63, 3.8) is 0 Å². The van der Waals surface area contributed by atoms with Crippen LogP contribution < -0.4 is 5.32 Å². The van der Waals surface area contributed by atoms with Crippen LogP contribution in [0.4, 0.5) is 5.69 Å². The second-order valence-electron chi connectivity index (χ2n) is 6.47. The minimum absolute atomic E-state index is 0.0464. The second-order valence-corrected chi connectivity index (χ2v) is 6.47. The van der Waals surface area contributed by atoms with Gasteiger partial charge in [-0.2, -0.15) is 0 Å². The summed E-state index contributed by atoms with van der Waals surface area (Å²) in [7, 11) is 0. The van der Waals surface area contributed by atoms with Crippen LogP contribution in [-0.2, 0) is 4.79 Å². The van der Waals surface area contributed by atoms with Gasteiger partial charge in [0, 0.05) is 37.4 Å². The molecule has 0 aliphatic carbocycles. The van der Waals surface area contributed by atoms with Crippen LogP contribution in [0.25, 0.3) is 0 Å². The number of benzene rings is 1. The summed E-state index contributed by atoms with van der Waals surface area (Å²) in [4.78, 5) is 28.2. The second kappa shape index (κ2) is 8.71. The molecule has 0 atom stereocenters. The van der Waals surface area contributed by atoms with E-state index in [2.05, 4.69) is 12.2 Å². The number of amides is 2. The molecule has 1 heterocycles. The third kappa shape index (κ3) is 4.73. The Balaban J connectivity index is 1.85. The van der Waals surface area contributed by atoms with E-state index in [4.69, 9.17) is 0 Å². The topological polar surface area (TPSA) is 52.7 Å². The van der Waals surface area contributed by atoms with E-state index in [0.717, 1.165) is 37.5 Å². The van der Waals surface area contributed by atoms with E-state index < -0.39 is 0 Å². The van der Waals surface area contributed by atoms with Crippen molar-refractivity contribution in [3.8, 4) is 0 Å². The molecule has 0 saturated carbocycles. The molecule has 1 aliphatic heterocycles. The van der Waals surface area contributed by atoms with E-state index in [9.17, 15) is 9.59 Å². The van der Waals surface area contributed by atoms with E-state index in [1.165, 1.54) is 0 Å².